The summed E-state index contributed by atoms with van der Waals surface area (Å²) in [6.45, 7) is -0.550. The minimum Gasteiger partial charge on any atom is -0.394 e. The monoisotopic (exact) mass is 573 g/mol. The molecule has 178 valence electrons. The summed E-state index contributed by atoms with van der Waals surface area (Å²) in [5.41, 5.74) is -0.656. The summed E-state index contributed by atoms with van der Waals surface area (Å²) in [4.78, 5) is 4.56. The Morgan fingerprint density at radius 2 is 1.94 bits per heavy atom. The second kappa shape index (κ2) is 10.2. The van der Waals surface area contributed by atoms with E-state index in [-0.39, 0.29) is 17.0 Å². The summed E-state index contributed by atoms with van der Waals surface area (Å²) < 4.78 is 35.0. The van der Waals surface area contributed by atoms with Gasteiger partial charge in [0, 0.05) is 16.7 Å². The zero-order valence-electron chi connectivity index (χ0n) is 16.9. The van der Waals surface area contributed by atoms with Crippen molar-refractivity contribution >= 4 is 39.3 Å². The van der Waals surface area contributed by atoms with E-state index in [1.807, 2.05) is 6.07 Å². The van der Waals surface area contributed by atoms with E-state index in [1.54, 1.807) is 6.07 Å². The van der Waals surface area contributed by atoms with Gasteiger partial charge in [-0.3, -0.25) is 0 Å². The number of nitriles is 1. The molecule has 1 saturated heterocycles. The number of hydrogen-bond acceptors (Lipinski definition) is 9. The van der Waals surface area contributed by atoms with Crippen molar-refractivity contribution in [3.63, 3.8) is 0 Å². The maximum absolute atomic E-state index is 13.9. The van der Waals surface area contributed by atoms with Gasteiger partial charge in [0.15, 0.2) is 5.69 Å². The van der Waals surface area contributed by atoms with E-state index >= 15 is 0 Å². The normalized spacial score (nSPS) is 24.7. The van der Waals surface area contributed by atoms with Gasteiger partial charge in [-0.05, 0) is 34.1 Å². The second-order valence-corrected chi connectivity index (χ2v) is 9.67. The van der Waals surface area contributed by atoms with Gasteiger partial charge in [0.25, 0.3) is 0 Å². The van der Waals surface area contributed by atoms with E-state index in [0.29, 0.717) is 9.37 Å². The molecule has 0 saturated carbocycles. The molecule has 9 nitrogen and oxygen atoms in total. The lowest BCUT2D eigenvalue weighted by Crippen LogP contribution is -2.55. The highest BCUT2D eigenvalue weighted by atomic mass is 79.9. The van der Waals surface area contributed by atoms with Gasteiger partial charge < -0.3 is 20.1 Å². The topological polar surface area (TPSA) is 137 Å². The molecule has 1 aliphatic heterocycles. The molecular weight excluding hydrogens is 560 g/mol. The maximum atomic E-state index is 13.9. The van der Waals surface area contributed by atoms with E-state index in [2.05, 4.69) is 31.2 Å². The Morgan fingerprint density at radius 1 is 1.24 bits per heavy atom. The Kier molecular flexibility index (Phi) is 7.48. The van der Waals surface area contributed by atoms with Crippen molar-refractivity contribution in [2.24, 2.45) is 0 Å². The Morgan fingerprint density at radius 3 is 2.56 bits per heavy atom. The lowest BCUT2D eigenvalue weighted by molar-refractivity contribution is -0.178. The van der Waals surface area contributed by atoms with Crippen molar-refractivity contribution in [3.05, 3.63) is 57.4 Å². The van der Waals surface area contributed by atoms with Crippen molar-refractivity contribution in [1.82, 2.24) is 20.0 Å². The summed E-state index contributed by atoms with van der Waals surface area (Å²) in [5, 5.41) is 47.6. The number of aromatic nitrogens is 4. The predicted octanol–water partition coefficient (Wildman–Crippen LogP) is 2.68. The minimum absolute atomic E-state index is 0.0554. The zero-order valence-corrected chi connectivity index (χ0v) is 20.0. The Labute approximate surface area is 209 Å². The van der Waals surface area contributed by atoms with Gasteiger partial charge >= 0.3 is 0 Å². The number of halogens is 4. The van der Waals surface area contributed by atoms with Gasteiger partial charge in [-0.1, -0.05) is 28.6 Å². The fourth-order valence-electron chi connectivity index (χ4n) is 3.44. The first kappa shape index (κ1) is 24.9. The van der Waals surface area contributed by atoms with Crippen LogP contribution in [0.3, 0.4) is 0 Å². The van der Waals surface area contributed by atoms with E-state index in [0.717, 1.165) is 28.6 Å². The van der Waals surface area contributed by atoms with Crippen LogP contribution in [0.15, 0.2) is 40.0 Å². The van der Waals surface area contributed by atoms with Crippen LogP contribution in [0.2, 0.25) is 5.02 Å². The van der Waals surface area contributed by atoms with Crippen molar-refractivity contribution in [3.8, 4) is 17.3 Å². The minimum atomic E-state index is -1.38. The Balaban J connectivity index is 1.63. The molecule has 1 aliphatic rings. The summed E-state index contributed by atoms with van der Waals surface area (Å²) in [7, 11) is 0. The summed E-state index contributed by atoms with van der Waals surface area (Å²) in [6, 6.07) is 4.41. The first-order valence-electron chi connectivity index (χ1n) is 9.65. The molecule has 4 rings (SSSR count). The van der Waals surface area contributed by atoms with Crippen LogP contribution in [0.5, 0.6) is 0 Å². The Hall–Kier alpha value is -2.18. The van der Waals surface area contributed by atoms with Crippen molar-refractivity contribution in [1.29, 1.82) is 5.26 Å². The third-order valence-electron chi connectivity index (χ3n) is 5.12. The van der Waals surface area contributed by atoms with Crippen LogP contribution < -0.4 is 0 Å². The van der Waals surface area contributed by atoms with E-state index < -0.39 is 53.1 Å². The standard InChI is InChI=1S/C20H15BrClF2N5O4S/c21-10-3-9(5-26-13(10)4-25)34-20-19(32)17(18(31)15(7-30)33-20)29-6-14(27-28-29)8-1-11(23)16(22)12(24)2-8/h1-3,5-6,15,17-20,30-32H,7H2/t15?,17-,18-,19?,20+/m0/s1. The van der Waals surface area contributed by atoms with Gasteiger partial charge in [-0.2, -0.15) is 5.26 Å². The van der Waals surface area contributed by atoms with Crippen LogP contribution in [-0.4, -0.2) is 65.7 Å². The number of ether oxygens (including phenoxy) is 1. The Bertz CT molecular complexity index is 1240. The van der Waals surface area contributed by atoms with Crippen LogP contribution >= 0.6 is 39.3 Å². The molecule has 2 unspecified atom stereocenters. The molecule has 34 heavy (non-hydrogen) atoms. The van der Waals surface area contributed by atoms with Gasteiger partial charge in [-0.15, -0.1) is 5.10 Å². The average molecular weight is 575 g/mol. The van der Waals surface area contributed by atoms with E-state index in [4.69, 9.17) is 21.6 Å². The third-order valence-corrected chi connectivity index (χ3v) is 7.20. The molecule has 1 fully saturated rings. The van der Waals surface area contributed by atoms with Crippen LogP contribution in [0, 0.1) is 23.0 Å². The SMILES string of the molecule is N#Cc1ncc(S[C@H]2OC(CO)[C@H](O)[C@H](n3cc(-c4cc(F)c(Cl)c(F)c4)nn3)C2O)cc1Br. The largest absolute Gasteiger partial charge is 0.394 e. The smallest absolute Gasteiger partial charge is 0.154 e. The third kappa shape index (κ3) is 4.80. The lowest BCUT2D eigenvalue weighted by atomic mass is 9.97. The van der Waals surface area contributed by atoms with Crippen LogP contribution in [0.1, 0.15) is 11.7 Å². The summed E-state index contributed by atoms with van der Waals surface area (Å²) in [6.07, 6.45) is -1.06. The molecule has 0 amide bonds. The molecule has 3 aromatic rings. The highest BCUT2D eigenvalue weighted by molar-refractivity contribution is 9.10. The quantitative estimate of drug-likeness (QED) is 0.393. The van der Waals surface area contributed by atoms with Gasteiger partial charge in [0.1, 0.15) is 58.2 Å². The molecular formula is C20H15BrClF2N5O4S. The number of aliphatic hydroxyl groups is 3. The van der Waals surface area contributed by atoms with Crippen LogP contribution in [0.4, 0.5) is 8.78 Å². The average Bonchev–Trinajstić information content (AvgIpc) is 3.29. The number of nitrogens with zero attached hydrogens (tertiary/aromatic N) is 5. The number of thioether (sulfide) groups is 1. The molecule has 2 aromatic heterocycles. The van der Waals surface area contributed by atoms with Crippen molar-refractivity contribution in [2.45, 2.75) is 34.7 Å². The van der Waals surface area contributed by atoms with E-state index in [1.165, 1.54) is 12.4 Å². The highest BCUT2D eigenvalue weighted by Gasteiger charge is 2.46. The maximum Gasteiger partial charge on any atom is 0.154 e. The van der Waals surface area contributed by atoms with Crippen LogP contribution in [0.25, 0.3) is 11.3 Å². The molecule has 5 atom stereocenters. The number of hydrogen-bond donors (Lipinski definition) is 3. The molecule has 14 heteroatoms. The highest BCUT2D eigenvalue weighted by Crippen LogP contribution is 2.39. The zero-order chi connectivity index (χ0) is 24.6. The van der Waals surface area contributed by atoms with E-state index in [9.17, 15) is 24.1 Å². The number of benzene rings is 1. The van der Waals surface area contributed by atoms with Crippen molar-refractivity contribution in [2.75, 3.05) is 6.61 Å². The predicted molar refractivity (Wildman–Crippen MR) is 120 cm³/mol. The van der Waals surface area contributed by atoms with Crippen LogP contribution in [-0.2, 0) is 4.74 Å². The molecule has 0 radical (unpaired) electrons. The first-order valence-corrected chi connectivity index (χ1v) is 11.7. The van der Waals surface area contributed by atoms with Crippen molar-refractivity contribution < 1.29 is 28.8 Å². The molecule has 3 N–H and O–H groups in total. The molecule has 0 spiro atoms. The first-order chi connectivity index (χ1) is 16.2. The fraction of sp³-hybridized carbons (Fsp3) is 0.300. The van der Waals surface area contributed by atoms with Gasteiger partial charge in [0.05, 0.1) is 17.3 Å². The number of pyridine rings is 1. The fourth-order valence-corrected chi connectivity index (χ4v) is 5.20. The lowest BCUT2D eigenvalue weighted by Gasteiger charge is -2.41. The van der Waals surface area contributed by atoms with Gasteiger partial charge in [-0.25, -0.2) is 18.4 Å². The summed E-state index contributed by atoms with van der Waals surface area (Å²) >= 11 is 9.83. The number of rotatable bonds is 5. The van der Waals surface area contributed by atoms with Gasteiger partial charge in [0.2, 0.25) is 0 Å². The molecule has 0 aliphatic carbocycles. The number of aliphatic hydroxyl groups excluding tert-OH is 3. The summed E-state index contributed by atoms with van der Waals surface area (Å²) in [5.74, 6) is -1.95. The second-order valence-electron chi connectivity index (χ2n) is 7.27. The molecule has 0 bridgehead atoms. The molecule has 1 aromatic carbocycles. The molecule has 3 heterocycles.